The van der Waals surface area contributed by atoms with Gasteiger partial charge in [0.1, 0.15) is 30.7 Å². The van der Waals surface area contributed by atoms with Crippen molar-refractivity contribution in [3.8, 4) is 5.75 Å². The van der Waals surface area contributed by atoms with Crippen LogP contribution in [0.1, 0.15) is 33.9 Å². The second-order valence-electron chi connectivity index (χ2n) is 9.22. The summed E-state index contributed by atoms with van der Waals surface area (Å²) in [7, 11) is -4.49. The van der Waals surface area contributed by atoms with Crippen LogP contribution in [0.15, 0.2) is 46.1 Å². The van der Waals surface area contributed by atoms with Crippen molar-refractivity contribution in [2.24, 2.45) is 0 Å². The molecule has 216 valence electrons. The third kappa shape index (κ3) is 6.80. The standard InChI is InChI=1S/C23H30F2N3O10P/c1-12(2)35-20(31)13(3)27-39(34,38-15-8-6-5-7-9-15)37-14(4)17-18(29)23(33,11-24)21(36-17)28-10-16(25)19(30)26-22(28)32/h5-10,12-14,17-18,21,29,33H,11H2,1-4H3,(H,27,34)(H,26,30,32)/t13-,14+,17+,18?,21+,23+,39+/m0/s1. The number of ether oxygens (including phenoxy) is 2. The van der Waals surface area contributed by atoms with Gasteiger partial charge >= 0.3 is 19.4 Å². The molecule has 4 N–H and O–H groups in total. The van der Waals surface area contributed by atoms with Crippen LogP contribution in [0.2, 0.25) is 0 Å². The topological polar surface area (TPSA) is 178 Å². The van der Waals surface area contributed by atoms with Crippen molar-refractivity contribution in [3.63, 3.8) is 0 Å². The van der Waals surface area contributed by atoms with E-state index in [2.05, 4.69) is 5.09 Å². The average molecular weight is 577 g/mol. The van der Waals surface area contributed by atoms with E-state index in [1.165, 1.54) is 26.0 Å². The highest BCUT2D eigenvalue weighted by Gasteiger charge is 2.59. The lowest BCUT2D eigenvalue weighted by atomic mass is 9.93. The summed E-state index contributed by atoms with van der Waals surface area (Å²) in [6.45, 7) is 4.15. The molecule has 2 aromatic rings. The van der Waals surface area contributed by atoms with Crippen LogP contribution in [-0.2, 0) is 23.4 Å². The molecule has 13 nitrogen and oxygen atoms in total. The number of esters is 1. The molecule has 2 heterocycles. The third-order valence-corrected chi connectivity index (χ3v) is 7.49. The molecule has 0 spiro atoms. The monoisotopic (exact) mass is 577 g/mol. The first-order chi connectivity index (χ1) is 18.2. The summed E-state index contributed by atoms with van der Waals surface area (Å²) in [6, 6.07) is 6.53. The maximum absolute atomic E-state index is 14.1. The number of aliphatic hydroxyl groups is 2. The predicted molar refractivity (Wildman–Crippen MR) is 131 cm³/mol. The smallest absolute Gasteiger partial charge is 0.459 e. The number of hydrogen-bond acceptors (Lipinski definition) is 10. The Hall–Kier alpha value is -2.94. The lowest BCUT2D eigenvalue weighted by molar-refractivity contribution is -0.149. The van der Waals surface area contributed by atoms with Crippen LogP contribution < -0.4 is 20.9 Å². The van der Waals surface area contributed by atoms with Crippen molar-refractivity contribution in [2.75, 3.05) is 6.67 Å². The van der Waals surface area contributed by atoms with Gasteiger partial charge in [0.25, 0.3) is 5.56 Å². The number of nitrogens with one attached hydrogen (secondary N) is 2. The van der Waals surface area contributed by atoms with Gasteiger partial charge in [-0.1, -0.05) is 18.2 Å². The average Bonchev–Trinajstić information content (AvgIpc) is 3.12. The van der Waals surface area contributed by atoms with Gasteiger partial charge in [0.2, 0.25) is 5.82 Å². The maximum Gasteiger partial charge on any atom is 0.459 e. The fourth-order valence-electron chi connectivity index (χ4n) is 3.83. The van der Waals surface area contributed by atoms with Crippen LogP contribution >= 0.6 is 7.75 Å². The van der Waals surface area contributed by atoms with Gasteiger partial charge in [-0.05, 0) is 39.8 Å². The van der Waals surface area contributed by atoms with Crippen molar-refractivity contribution in [1.29, 1.82) is 0 Å². The van der Waals surface area contributed by atoms with E-state index in [1.807, 2.05) is 0 Å². The van der Waals surface area contributed by atoms with Gasteiger partial charge in [-0.15, -0.1) is 0 Å². The molecule has 39 heavy (non-hydrogen) atoms. The van der Waals surface area contributed by atoms with Gasteiger partial charge in [0, 0.05) is 0 Å². The van der Waals surface area contributed by atoms with Gasteiger partial charge in [0.15, 0.2) is 11.8 Å². The summed E-state index contributed by atoms with van der Waals surface area (Å²) >= 11 is 0. The van der Waals surface area contributed by atoms with Crippen molar-refractivity contribution < 1.29 is 46.9 Å². The van der Waals surface area contributed by atoms with E-state index >= 15 is 0 Å². The molecule has 0 amide bonds. The first-order valence-electron chi connectivity index (χ1n) is 11.8. The quantitative estimate of drug-likeness (QED) is 0.222. The summed E-state index contributed by atoms with van der Waals surface area (Å²) < 4.78 is 63.9. The number of alkyl halides is 1. The highest BCUT2D eigenvalue weighted by Crippen LogP contribution is 2.49. The summed E-state index contributed by atoms with van der Waals surface area (Å²) in [5, 5.41) is 24.1. The van der Waals surface area contributed by atoms with Crippen LogP contribution in [0, 0.1) is 5.82 Å². The number of halogens is 2. The third-order valence-electron chi connectivity index (χ3n) is 5.72. The Labute approximate surface area is 221 Å². The maximum atomic E-state index is 14.1. The molecule has 0 radical (unpaired) electrons. The van der Waals surface area contributed by atoms with Crippen LogP contribution in [0.5, 0.6) is 5.75 Å². The zero-order chi connectivity index (χ0) is 29.1. The molecular weight excluding hydrogens is 547 g/mol. The van der Waals surface area contributed by atoms with E-state index in [4.69, 9.17) is 18.5 Å². The highest BCUT2D eigenvalue weighted by atomic mass is 31.2. The van der Waals surface area contributed by atoms with E-state index in [9.17, 15) is 37.9 Å². The number of carbonyl (C=O) groups is 1. The van der Waals surface area contributed by atoms with Gasteiger partial charge in [-0.25, -0.2) is 13.8 Å². The molecule has 1 saturated heterocycles. The molecule has 7 atom stereocenters. The Morgan fingerprint density at radius 3 is 2.49 bits per heavy atom. The van der Waals surface area contributed by atoms with E-state index in [1.54, 1.807) is 37.0 Å². The lowest BCUT2D eigenvalue weighted by Gasteiger charge is -2.30. The molecule has 1 aromatic carbocycles. The van der Waals surface area contributed by atoms with Gasteiger partial charge in [0.05, 0.1) is 18.4 Å². The van der Waals surface area contributed by atoms with Crippen LogP contribution in [0.4, 0.5) is 8.78 Å². The van der Waals surface area contributed by atoms with E-state index in [0.717, 1.165) is 0 Å². The molecule has 1 unspecified atom stereocenters. The first-order valence-corrected chi connectivity index (χ1v) is 13.4. The number of benzene rings is 1. The minimum Gasteiger partial charge on any atom is -0.462 e. The Morgan fingerprint density at radius 2 is 1.90 bits per heavy atom. The van der Waals surface area contributed by atoms with Crippen molar-refractivity contribution in [2.45, 2.75) is 70.0 Å². The second-order valence-corrected chi connectivity index (χ2v) is 10.9. The summed E-state index contributed by atoms with van der Waals surface area (Å²) in [6.07, 6.45) is -7.32. The van der Waals surface area contributed by atoms with E-state index in [-0.39, 0.29) is 5.75 Å². The van der Waals surface area contributed by atoms with Crippen molar-refractivity contribution >= 4 is 13.7 Å². The second kappa shape index (κ2) is 12.1. The molecule has 0 aliphatic carbocycles. The molecule has 1 aliphatic rings. The molecule has 3 rings (SSSR count). The Balaban J connectivity index is 1.91. The normalized spacial score (nSPS) is 26.1. The number of hydrogen-bond donors (Lipinski definition) is 4. The van der Waals surface area contributed by atoms with Gasteiger partial charge < -0.3 is 24.2 Å². The molecule has 1 aromatic heterocycles. The van der Waals surface area contributed by atoms with E-state index in [0.29, 0.717) is 10.8 Å². The molecule has 1 aliphatic heterocycles. The summed E-state index contributed by atoms with van der Waals surface area (Å²) in [5.74, 6) is -2.14. The fraction of sp³-hybridized carbons (Fsp3) is 0.522. The number of aromatic amines is 1. The van der Waals surface area contributed by atoms with Gasteiger partial charge in [-0.3, -0.25) is 23.7 Å². The molecule has 0 bridgehead atoms. The zero-order valence-corrected chi connectivity index (χ0v) is 22.3. The minimum atomic E-state index is -4.49. The highest BCUT2D eigenvalue weighted by molar-refractivity contribution is 7.52. The number of H-pyrrole nitrogens is 1. The van der Waals surface area contributed by atoms with Crippen LogP contribution in [0.3, 0.4) is 0 Å². The molecule has 1 fully saturated rings. The number of carbonyl (C=O) groups excluding carboxylic acids is 1. The number of rotatable bonds is 11. The van der Waals surface area contributed by atoms with Gasteiger partial charge in [-0.2, -0.15) is 9.48 Å². The Bertz CT molecular complexity index is 1320. The number of aliphatic hydroxyl groups excluding tert-OH is 1. The molecule has 16 heteroatoms. The lowest BCUT2D eigenvalue weighted by Crippen LogP contribution is -2.52. The first kappa shape index (κ1) is 30.6. The predicted octanol–water partition coefficient (Wildman–Crippen LogP) is 1.16. The summed E-state index contributed by atoms with van der Waals surface area (Å²) in [5.41, 5.74) is -5.41. The Morgan fingerprint density at radius 1 is 1.26 bits per heavy atom. The fourth-order valence-corrected chi connectivity index (χ4v) is 5.52. The Kier molecular flexibility index (Phi) is 9.47. The SMILES string of the molecule is CC(C)OC(=O)[C@H](C)N[P@](=O)(Oc1ccccc1)O[C@H](C)[C@H]1O[C@@H](n2cc(F)c(=O)[nH]c2=O)[C@@](O)(CF)C1O. The van der Waals surface area contributed by atoms with Crippen molar-refractivity contribution in [3.05, 3.63) is 63.2 Å². The molecule has 0 saturated carbocycles. The largest absolute Gasteiger partial charge is 0.462 e. The zero-order valence-electron chi connectivity index (χ0n) is 21.4. The summed E-state index contributed by atoms with van der Waals surface area (Å²) in [4.78, 5) is 37.6. The van der Waals surface area contributed by atoms with Crippen LogP contribution in [0.25, 0.3) is 0 Å². The van der Waals surface area contributed by atoms with E-state index < -0.39 is 79.7 Å². The number of aromatic nitrogens is 2. The minimum absolute atomic E-state index is 0.0752. The number of nitrogens with zero attached hydrogens (tertiary/aromatic N) is 1. The number of para-hydroxylation sites is 1. The molecular formula is C23H30F2N3O10P. The van der Waals surface area contributed by atoms with Crippen molar-refractivity contribution in [1.82, 2.24) is 14.6 Å². The van der Waals surface area contributed by atoms with Crippen LogP contribution in [-0.4, -0.2) is 68.5 Å².